The van der Waals surface area contributed by atoms with Gasteiger partial charge in [0.25, 0.3) is 0 Å². The first kappa shape index (κ1) is 16.4. The zero-order chi connectivity index (χ0) is 16.4. The number of hydrogen-bond donors (Lipinski definition) is 0. The second-order valence-electron chi connectivity index (χ2n) is 5.59. The third kappa shape index (κ3) is 3.91. The summed E-state index contributed by atoms with van der Waals surface area (Å²) in [4.78, 5) is 4.13. The van der Waals surface area contributed by atoms with Crippen LogP contribution in [0.4, 0.5) is 0 Å². The van der Waals surface area contributed by atoms with Crippen molar-refractivity contribution in [3.63, 3.8) is 0 Å². The van der Waals surface area contributed by atoms with Crippen LogP contribution in [0.1, 0.15) is 11.1 Å². The van der Waals surface area contributed by atoms with E-state index in [0.29, 0.717) is 19.0 Å². The Balaban J connectivity index is 1.59. The van der Waals surface area contributed by atoms with Gasteiger partial charge in [-0.2, -0.15) is 4.31 Å². The van der Waals surface area contributed by atoms with Crippen molar-refractivity contribution in [1.82, 2.24) is 9.29 Å². The highest BCUT2D eigenvalue weighted by atomic mass is 79.9. The molecule has 0 aliphatic carbocycles. The minimum atomic E-state index is -3.31. The topological polar surface area (TPSA) is 59.5 Å². The normalized spacial score (nSPS) is 16.1. The number of pyridine rings is 1. The van der Waals surface area contributed by atoms with Gasteiger partial charge in [-0.25, -0.2) is 13.4 Å². The second kappa shape index (κ2) is 6.59. The summed E-state index contributed by atoms with van der Waals surface area (Å²) in [5.41, 5.74) is 1.87. The van der Waals surface area contributed by atoms with E-state index in [4.69, 9.17) is 4.74 Å². The minimum Gasteiger partial charge on any atom is -0.471 e. The summed E-state index contributed by atoms with van der Waals surface area (Å²) >= 11 is 3.36. The molecule has 2 aromatic rings. The van der Waals surface area contributed by atoms with Gasteiger partial charge in [0.1, 0.15) is 6.10 Å². The summed E-state index contributed by atoms with van der Waals surface area (Å²) in [5.74, 6) is 0.516. The molecule has 5 nitrogen and oxygen atoms in total. The summed E-state index contributed by atoms with van der Waals surface area (Å²) in [5, 5.41) is 0. The molecule has 0 saturated carbocycles. The quantitative estimate of drug-likeness (QED) is 0.779. The Morgan fingerprint density at radius 1 is 1.30 bits per heavy atom. The smallest absolute Gasteiger partial charge is 0.228 e. The van der Waals surface area contributed by atoms with Crippen LogP contribution in [0.15, 0.2) is 47.1 Å². The second-order valence-corrected chi connectivity index (χ2v) is 8.42. The Labute approximate surface area is 144 Å². The summed E-state index contributed by atoms with van der Waals surface area (Å²) in [6.45, 7) is 2.67. The number of ether oxygens (including phenoxy) is 1. The van der Waals surface area contributed by atoms with E-state index in [-0.39, 0.29) is 11.9 Å². The molecule has 122 valence electrons. The van der Waals surface area contributed by atoms with Gasteiger partial charge >= 0.3 is 0 Å². The lowest BCUT2D eigenvalue weighted by atomic mass is 10.2. The van der Waals surface area contributed by atoms with Gasteiger partial charge in [-0.05, 0) is 40.5 Å². The van der Waals surface area contributed by atoms with E-state index in [2.05, 4.69) is 20.9 Å². The Morgan fingerprint density at radius 2 is 2.09 bits per heavy atom. The van der Waals surface area contributed by atoms with Crippen LogP contribution in [0.2, 0.25) is 0 Å². The highest BCUT2D eigenvalue weighted by molar-refractivity contribution is 9.10. The molecule has 0 atom stereocenters. The molecule has 3 rings (SSSR count). The Morgan fingerprint density at radius 3 is 2.78 bits per heavy atom. The number of rotatable bonds is 5. The SMILES string of the molecule is Cc1cccc(CS(=O)(=O)N2CC(Oc3ncccc3Br)C2)c1. The highest BCUT2D eigenvalue weighted by Crippen LogP contribution is 2.26. The molecule has 0 unspecified atom stereocenters. The predicted octanol–water partition coefficient (Wildman–Crippen LogP) is 2.75. The molecule has 1 aliphatic rings. The van der Waals surface area contributed by atoms with Crippen molar-refractivity contribution in [3.05, 3.63) is 58.2 Å². The molecule has 1 aromatic carbocycles. The van der Waals surface area contributed by atoms with Gasteiger partial charge in [0.15, 0.2) is 0 Å². The number of sulfonamides is 1. The van der Waals surface area contributed by atoms with Crippen molar-refractivity contribution in [3.8, 4) is 5.88 Å². The fourth-order valence-corrected chi connectivity index (χ4v) is 4.34. The maximum Gasteiger partial charge on any atom is 0.228 e. The molecule has 7 heteroatoms. The number of aryl methyl sites for hydroxylation is 1. The Kier molecular flexibility index (Phi) is 4.70. The van der Waals surface area contributed by atoms with E-state index in [1.807, 2.05) is 37.3 Å². The first-order chi connectivity index (χ1) is 10.9. The van der Waals surface area contributed by atoms with E-state index in [1.54, 1.807) is 12.3 Å². The molecule has 23 heavy (non-hydrogen) atoms. The molecule has 1 aromatic heterocycles. The fourth-order valence-electron chi connectivity index (χ4n) is 2.42. The Hall–Kier alpha value is -1.44. The van der Waals surface area contributed by atoms with Gasteiger partial charge < -0.3 is 4.74 Å². The zero-order valence-corrected chi connectivity index (χ0v) is 15.0. The van der Waals surface area contributed by atoms with Gasteiger partial charge in [-0.15, -0.1) is 0 Å². The monoisotopic (exact) mass is 396 g/mol. The van der Waals surface area contributed by atoms with Gasteiger partial charge in [0, 0.05) is 6.20 Å². The van der Waals surface area contributed by atoms with Crippen molar-refractivity contribution in [2.24, 2.45) is 0 Å². The van der Waals surface area contributed by atoms with Gasteiger partial charge in [0.05, 0.1) is 23.3 Å². The number of benzene rings is 1. The van der Waals surface area contributed by atoms with Crippen LogP contribution in [0, 0.1) is 6.92 Å². The van der Waals surface area contributed by atoms with Crippen molar-refractivity contribution in [2.75, 3.05) is 13.1 Å². The molecular weight excluding hydrogens is 380 g/mol. The van der Waals surface area contributed by atoms with Crippen molar-refractivity contribution < 1.29 is 13.2 Å². The predicted molar refractivity (Wildman–Crippen MR) is 91.7 cm³/mol. The molecule has 1 saturated heterocycles. The molecule has 0 radical (unpaired) electrons. The highest BCUT2D eigenvalue weighted by Gasteiger charge is 2.37. The Bertz CT molecular complexity index is 804. The number of hydrogen-bond acceptors (Lipinski definition) is 4. The maximum absolute atomic E-state index is 12.4. The van der Waals surface area contributed by atoms with Crippen LogP contribution in [-0.4, -0.2) is 36.9 Å². The average molecular weight is 397 g/mol. The number of aromatic nitrogens is 1. The van der Waals surface area contributed by atoms with Crippen LogP contribution >= 0.6 is 15.9 Å². The van der Waals surface area contributed by atoms with Crippen LogP contribution in [0.3, 0.4) is 0 Å². The summed E-state index contributed by atoms with van der Waals surface area (Å²) < 4.78 is 32.7. The lowest BCUT2D eigenvalue weighted by Crippen LogP contribution is -2.56. The van der Waals surface area contributed by atoms with E-state index in [9.17, 15) is 8.42 Å². The van der Waals surface area contributed by atoms with E-state index in [1.165, 1.54) is 4.31 Å². The lowest BCUT2D eigenvalue weighted by Gasteiger charge is -2.37. The van der Waals surface area contributed by atoms with E-state index in [0.717, 1.165) is 15.6 Å². The van der Waals surface area contributed by atoms with Crippen molar-refractivity contribution in [2.45, 2.75) is 18.8 Å². The number of nitrogens with zero attached hydrogens (tertiary/aromatic N) is 2. The number of halogens is 1. The summed E-state index contributed by atoms with van der Waals surface area (Å²) in [6.07, 6.45) is 1.49. The maximum atomic E-state index is 12.4. The van der Waals surface area contributed by atoms with Gasteiger partial charge in [-0.1, -0.05) is 29.8 Å². The molecule has 1 aliphatic heterocycles. The molecule has 0 bridgehead atoms. The third-order valence-corrected chi connectivity index (χ3v) is 6.03. The molecule has 2 heterocycles. The molecular formula is C16H17BrN2O3S. The third-order valence-electron chi connectivity index (χ3n) is 3.64. The lowest BCUT2D eigenvalue weighted by molar-refractivity contribution is 0.0712. The van der Waals surface area contributed by atoms with Crippen molar-refractivity contribution >= 4 is 26.0 Å². The summed E-state index contributed by atoms with van der Waals surface area (Å²) in [7, 11) is -3.31. The van der Waals surface area contributed by atoms with E-state index >= 15 is 0 Å². The molecule has 0 amide bonds. The fraction of sp³-hybridized carbons (Fsp3) is 0.312. The molecule has 0 N–H and O–H groups in total. The zero-order valence-electron chi connectivity index (χ0n) is 12.6. The first-order valence-electron chi connectivity index (χ1n) is 7.24. The largest absolute Gasteiger partial charge is 0.471 e. The standard InChI is InChI=1S/C16H17BrN2O3S/c1-12-4-2-5-13(8-12)11-23(20,21)19-9-14(10-19)22-16-15(17)6-3-7-18-16/h2-8,14H,9-11H2,1H3. The van der Waals surface area contributed by atoms with Crippen molar-refractivity contribution in [1.29, 1.82) is 0 Å². The van der Waals surface area contributed by atoms with Gasteiger partial charge in [0.2, 0.25) is 15.9 Å². The first-order valence-corrected chi connectivity index (χ1v) is 9.65. The van der Waals surface area contributed by atoms with E-state index < -0.39 is 10.0 Å². The van der Waals surface area contributed by atoms with Crippen LogP contribution in [0.5, 0.6) is 5.88 Å². The summed E-state index contributed by atoms with van der Waals surface area (Å²) in [6, 6.07) is 11.2. The molecule has 0 spiro atoms. The molecule has 1 fully saturated rings. The minimum absolute atomic E-state index is 0.0225. The van der Waals surface area contributed by atoms with Gasteiger partial charge in [-0.3, -0.25) is 0 Å². The van der Waals surface area contributed by atoms with Crippen LogP contribution in [-0.2, 0) is 15.8 Å². The van der Waals surface area contributed by atoms with Crippen LogP contribution < -0.4 is 4.74 Å². The van der Waals surface area contributed by atoms with Crippen LogP contribution in [0.25, 0.3) is 0 Å². The average Bonchev–Trinajstić information content (AvgIpc) is 2.43.